The minimum Gasteiger partial charge on any atom is -0.495 e. The molecule has 1 fully saturated rings. The second kappa shape index (κ2) is 7.96. The number of carbonyl (C=O) groups excluding carboxylic acids is 1. The quantitative estimate of drug-likeness (QED) is 0.749. The highest BCUT2D eigenvalue weighted by Gasteiger charge is 2.22. The average Bonchev–Trinajstić information content (AvgIpc) is 3.15. The number of amides is 1. The van der Waals surface area contributed by atoms with Crippen molar-refractivity contribution in [2.45, 2.75) is 19.1 Å². The third kappa shape index (κ3) is 4.46. The molecule has 25 heavy (non-hydrogen) atoms. The molecule has 2 aromatic rings. The van der Waals surface area contributed by atoms with Crippen molar-refractivity contribution in [1.29, 1.82) is 0 Å². The molecule has 0 radical (unpaired) electrons. The lowest BCUT2D eigenvalue weighted by Crippen LogP contribution is -2.39. The number of nitrogens with one attached hydrogen (secondary N) is 3. The maximum absolute atomic E-state index is 13.2. The number of hydrogen-bond donors (Lipinski definition) is 3. The van der Waals surface area contributed by atoms with Crippen LogP contribution in [0.1, 0.15) is 12.0 Å². The van der Waals surface area contributed by atoms with Crippen molar-refractivity contribution >= 4 is 11.6 Å². The third-order valence-corrected chi connectivity index (χ3v) is 3.87. The summed E-state index contributed by atoms with van der Waals surface area (Å²) < 4.78 is 24.1. The molecule has 0 bridgehead atoms. The van der Waals surface area contributed by atoms with Crippen LogP contribution in [0.4, 0.5) is 10.1 Å². The molecule has 132 valence electrons. The first-order chi connectivity index (χ1) is 12.2. The molecule has 1 aliphatic heterocycles. The van der Waals surface area contributed by atoms with Crippen molar-refractivity contribution < 1.29 is 18.7 Å². The summed E-state index contributed by atoms with van der Waals surface area (Å²) in [4.78, 5) is 12.3. The van der Waals surface area contributed by atoms with Crippen LogP contribution in [0.2, 0.25) is 0 Å². The van der Waals surface area contributed by atoms with E-state index in [9.17, 15) is 9.18 Å². The van der Waals surface area contributed by atoms with Crippen molar-refractivity contribution in [3.8, 4) is 11.5 Å². The molecule has 2 aromatic carbocycles. The Bertz CT molecular complexity index is 748. The van der Waals surface area contributed by atoms with E-state index in [-0.39, 0.29) is 24.4 Å². The van der Waals surface area contributed by atoms with E-state index < -0.39 is 0 Å². The number of ether oxygens (including phenoxy) is 2. The number of anilines is 1. The van der Waals surface area contributed by atoms with Gasteiger partial charge in [0, 0.05) is 12.6 Å². The number of rotatable bonds is 6. The van der Waals surface area contributed by atoms with Gasteiger partial charge in [-0.3, -0.25) is 10.2 Å². The predicted molar refractivity (Wildman–Crippen MR) is 91.9 cm³/mol. The van der Waals surface area contributed by atoms with Crippen LogP contribution < -0.4 is 25.6 Å². The Labute approximate surface area is 145 Å². The zero-order valence-corrected chi connectivity index (χ0v) is 13.8. The molecule has 0 aromatic heterocycles. The average molecular weight is 345 g/mol. The highest BCUT2D eigenvalue weighted by atomic mass is 19.1. The standard InChI is InChI=1S/C18H20FN3O3/c1-24-17-6-5-12(11-25-14-4-2-3-13(19)10-14)9-16(17)21-18(23)15-7-8-20-22-15/h2-6,9-10,15,20,22H,7-8,11H2,1H3,(H,21,23). The molecule has 1 heterocycles. The van der Waals surface area contributed by atoms with Crippen molar-refractivity contribution in [3.05, 3.63) is 53.8 Å². The zero-order chi connectivity index (χ0) is 17.6. The molecule has 7 heteroatoms. The van der Waals surface area contributed by atoms with Crippen molar-refractivity contribution in [2.75, 3.05) is 19.0 Å². The minimum absolute atomic E-state index is 0.133. The van der Waals surface area contributed by atoms with Gasteiger partial charge < -0.3 is 14.8 Å². The molecule has 1 aliphatic rings. The van der Waals surface area contributed by atoms with E-state index in [0.29, 0.717) is 17.2 Å². The van der Waals surface area contributed by atoms with E-state index >= 15 is 0 Å². The van der Waals surface area contributed by atoms with Gasteiger partial charge in [0.05, 0.1) is 12.8 Å². The van der Waals surface area contributed by atoms with Crippen LogP contribution in [0.15, 0.2) is 42.5 Å². The Hall–Kier alpha value is -2.64. The Balaban J connectivity index is 1.69. The van der Waals surface area contributed by atoms with Gasteiger partial charge in [0.2, 0.25) is 5.91 Å². The topological polar surface area (TPSA) is 71.6 Å². The predicted octanol–water partition coefficient (Wildman–Crippen LogP) is 2.22. The Kier molecular flexibility index (Phi) is 5.47. The summed E-state index contributed by atoms with van der Waals surface area (Å²) in [6, 6.07) is 11.1. The summed E-state index contributed by atoms with van der Waals surface area (Å²) in [5.74, 6) is 0.529. The summed E-state index contributed by atoms with van der Waals surface area (Å²) in [6.45, 7) is 0.996. The minimum atomic E-state index is -0.349. The lowest BCUT2D eigenvalue weighted by atomic mass is 10.1. The molecule has 1 unspecified atom stereocenters. The number of halogens is 1. The lowest BCUT2D eigenvalue weighted by Gasteiger charge is -2.15. The second-order valence-electron chi connectivity index (χ2n) is 5.68. The zero-order valence-electron chi connectivity index (χ0n) is 13.8. The first-order valence-electron chi connectivity index (χ1n) is 8.00. The Morgan fingerprint density at radius 1 is 1.32 bits per heavy atom. The maximum Gasteiger partial charge on any atom is 0.243 e. The number of methoxy groups -OCH3 is 1. The summed E-state index contributed by atoms with van der Waals surface area (Å²) >= 11 is 0. The van der Waals surface area contributed by atoms with Gasteiger partial charge in [-0.1, -0.05) is 12.1 Å². The fraction of sp³-hybridized carbons (Fsp3) is 0.278. The van der Waals surface area contributed by atoms with E-state index in [0.717, 1.165) is 18.5 Å². The van der Waals surface area contributed by atoms with Gasteiger partial charge in [-0.25, -0.2) is 9.82 Å². The molecular formula is C18H20FN3O3. The summed E-state index contributed by atoms with van der Waals surface area (Å²) in [5, 5.41) is 2.87. The Morgan fingerprint density at radius 3 is 2.92 bits per heavy atom. The van der Waals surface area contributed by atoms with Crippen LogP contribution in [0.25, 0.3) is 0 Å². The molecule has 3 N–H and O–H groups in total. The highest BCUT2D eigenvalue weighted by molar-refractivity contribution is 5.96. The fourth-order valence-corrected chi connectivity index (χ4v) is 2.57. The van der Waals surface area contributed by atoms with Gasteiger partial charge in [0.15, 0.2) is 0 Å². The van der Waals surface area contributed by atoms with Gasteiger partial charge in [-0.05, 0) is 36.2 Å². The van der Waals surface area contributed by atoms with E-state index in [1.54, 1.807) is 31.4 Å². The Morgan fingerprint density at radius 2 is 2.20 bits per heavy atom. The molecule has 0 spiro atoms. The van der Waals surface area contributed by atoms with Crippen LogP contribution >= 0.6 is 0 Å². The van der Waals surface area contributed by atoms with E-state index in [1.165, 1.54) is 12.1 Å². The van der Waals surface area contributed by atoms with Crippen molar-refractivity contribution in [3.63, 3.8) is 0 Å². The van der Waals surface area contributed by atoms with Crippen LogP contribution in [0.5, 0.6) is 11.5 Å². The number of benzene rings is 2. The maximum atomic E-state index is 13.2. The number of hydrogen-bond acceptors (Lipinski definition) is 5. The normalized spacial score (nSPS) is 16.5. The molecule has 6 nitrogen and oxygen atoms in total. The first-order valence-corrected chi connectivity index (χ1v) is 8.00. The van der Waals surface area contributed by atoms with Gasteiger partial charge in [0.1, 0.15) is 30.0 Å². The van der Waals surface area contributed by atoms with E-state index in [1.807, 2.05) is 6.07 Å². The SMILES string of the molecule is COc1ccc(COc2cccc(F)c2)cc1NC(=O)C1CCNN1. The monoisotopic (exact) mass is 345 g/mol. The van der Waals surface area contributed by atoms with Gasteiger partial charge in [0.25, 0.3) is 0 Å². The van der Waals surface area contributed by atoms with E-state index in [2.05, 4.69) is 16.2 Å². The first kappa shape index (κ1) is 17.2. The largest absolute Gasteiger partial charge is 0.495 e. The third-order valence-electron chi connectivity index (χ3n) is 3.87. The molecular weight excluding hydrogens is 325 g/mol. The van der Waals surface area contributed by atoms with E-state index in [4.69, 9.17) is 9.47 Å². The fourth-order valence-electron chi connectivity index (χ4n) is 2.57. The smallest absolute Gasteiger partial charge is 0.243 e. The second-order valence-corrected chi connectivity index (χ2v) is 5.68. The molecule has 0 aliphatic carbocycles. The van der Waals surface area contributed by atoms with Crippen LogP contribution in [-0.2, 0) is 11.4 Å². The molecule has 1 saturated heterocycles. The van der Waals surface area contributed by atoms with Crippen LogP contribution in [-0.4, -0.2) is 25.6 Å². The molecule has 1 amide bonds. The number of carbonyl (C=O) groups is 1. The van der Waals surface area contributed by atoms with Crippen molar-refractivity contribution in [2.24, 2.45) is 0 Å². The number of hydrazine groups is 1. The van der Waals surface area contributed by atoms with Gasteiger partial charge in [-0.15, -0.1) is 0 Å². The van der Waals surface area contributed by atoms with Gasteiger partial charge in [-0.2, -0.15) is 0 Å². The lowest BCUT2D eigenvalue weighted by molar-refractivity contribution is -0.117. The van der Waals surface area contributed by atoms with Crippen molar-refractivity contribution in [1.82, 2.24) is 10.9 Å². The molecule has 3 rings (SSSR count). The summed E-state index contributed by atoms with van der Waals surface area (Å²) in [5.41, 5.74) is 7.25. The van der Waals surface area contributed by atoms with Crippen LogP contribution in [0.3, 0.4) is 0 Å². The molecule has 0 saturated carbocycles. The summed E-state index contributed by atoms with van der Waals surface area (Å²) in [7, 11) is 1.54. The van der Waals surface area contributed by atoms with Crippen LogP contribution in [0, 0.1) is 5.82 Å². The van der Waals surface area contributed by atoms with Gasteiger partial charge >= 0.3 is 0 Å². The summed E-state index contributed by atoms with van der Waals surface area (Å²) in [6.07, 6.45) is 0.719. The highest BCUT2D eigenvalue weighted by Crippen LogP contribution is 2.26. The molecule has 1 atom stereocenters.